The molecule has 0 unspecified atom stereocenters. The van der Waals surface area contributed by atoms with E-state index in [4.69, 9.17) is 9.47 Å². The number of hydrogen-bond acceptors (Lipinski definition) is 5. The highest BCUT2D eigenvalue weighted by Gasteiger charge is 2.20. The van der Waals surface area contributed by atoms with Gasteiger partial charge in [0.15, 0.2) is 0 Å². The molecule has 1 amide bonds. The highest BCUT2D eigenvalue weighted by molar-refractivity contribution is 7.98. The number of nitrogens with one attached hydrogen (secondary N) is 1. The number of rotatable bonds is 9. The van der Waals surface area contributed by atoms with Crippen molar-refractivity contribution in [1.29, 1.82) is 0 Å². The third-order valence-corrected chi connectivity index (χ3v) is 6.48. The molecule has 1 heterocycles. The number of thioether (sulfide) groups is 1. The number of carbonyl (C=O) groups excluding carboxylic acids is 1. The number of amides is 1. The summed E-state index contributed by atoms with van der Waals surface area (Å²) in [6, 6.07) is 14.3. The molecule has 1 saturated heterocycles. The van der Waals surface area contributed by atoms with E-state index in [2.05, 4.69) is 40.7 Å². The van der Waals surface area contributed by atoms with Crippen molar-refractivity contribution in [1.82, 2.24) is 4.90 Å². The third kappa shape index (κ3) is 6.41. The van der Waals surface area contributed by atoms with Crippen molar-refractivity contribution in [3.63, 3.8) is 0 Å². The molecule has 3 rings (SSSR count). The Balaban J connectivity index is 1.40. The maximum atomic E-state index is 12.4. The van der Waals surface area contributed by atoms with E-state index in [0.29, 0.717) is 29.5 Å². The van der Waals surface area contributed by atoms with Crippen LogP contribution in [0.2, 0.25) is 0 Å². The number of carbonyl (C=O) groups is 1. The molecule has 0 radical (unpaired) electrons. The lowest BCUT2D eigenvalue weighted by Crippen LogP contribution is -2.33. The van der Waals surface area contributed by atoms with E-state index in [9.17, 15) is 4.79 Å². The van der Waals surface area contributed by atoms with Gasteiger partial charge in [-0.05, 0) is 74.4 Å². The lowest BCUT2D eigenvalue weighted by atomic mass is 9.92. The molecule has 162 valence electrons. The molecule has 5 nitrogen and oxygen atoms in total. The van der Waals surface area contributed by atoms with Crippen molar-refractivity contribution in [2.75, 3.05) is 38.9 Å². The van der Waals surface area contributed by atoms with Gasteiger partial charge in [0.1, 0.15) is 11.5 Å². The zero-order chi connectivity index (χ0) is 21.3. The van der Waals surface area contributed by atoms with E-state index in [1.54, 1.807) is 32.0 Å². The number of benzene rings is 2. The number of likely N-dealkylation sites (tertiary alicyclic amines) is 1. The number of hydrogen-bond donors (Lipinski definition) is 1. The zero-order valence-electron chi connectivity index (χ0n) is 18.1. The van der Waals surface area contributed by atoms with E-state index in [1.165, 1.54) is 10.5 Å². The maximum Gasteiger partial charge on any atom is 0.224 e. The first-order valence-electron chi connectivity index (χ1n) is 10.5. The fourth-order valence-corrected chi connectivity index (χ4v) is 4.28. The summed E-state index contributed by atoms with van der Waals surface area (Å²) in [5.41, 5.74) is 2.06. The normalized spacial score (nSPS) is 15.0. The summed E-state index contributed by atoms with van der Waals surface area (Å²) in [4.78, 5) is 16.3. The predicted octanol–water partition coefficient (Wildman–Crippen LogP) is 5.06. The summed E-state index contributed by atoms with van der Waals surface area (Å²) in [6.07, 6.45) is 5.88. The highest BCUT2D eigenvalue weighted by Crippen LogP contribution is 2.30. The van der Waals surface area contributed by atoms with Crippen molar-refractivity contribution < 1.29 is 14.3 Å². The van der Waals surface area contributed by atoms with E-state index in [0.717, 1.165) is 38.9 Å². The lowest BCUT2D eigenvalue weighted by Gasteiger charge is -2.32. The van der Waals surface area contributed by atoms with Gasteiger partial charge in [-0.3, -0.25) is 9.69 Å². The van der Waals surface area contributed by atoms with Crippen molar-refractivity contribution in [3.05, 3.63) is 48.0 Å². The zero-order valence-corrected chi connectivity index (χ0v) is 19.0. The van der Waals surface area contributed by atoms with Crippen molar-refractivity contribution in [2.24, 2.45) is 5.92 Å². The van der Waals surface area contributed by atoms with Gasteiger partial charge in [0, 0.05) is 23.9 Å². The predicted molar refractivity (Wildman–Crippen MR) is 124 cm³/mol. The summed E-state index contributed by atoms with van der Waals surface area (Å²) in [7, 11) is 3.20. The van der Waals surface area contributed by atoms with Gasteiger partial charge in [0.05, 0.1) is 19.9 Å². The summed E-state index contributed by atoms with van der Waals surface area (Å²) in [5.74, 6) is 1.97. The number of methoxy groups -OCH3 is 2. The molecule has 0 saturated carbocycles. The van der Waals surface area contributed by atoms with E-state index in [-0.39, 0.29) is 5.91 Å². The van der Waals surface area contributed by atoms with E-state index >= 15 is 0 Å². The van der Waals surface area contributed by atoms with Crippen LogP contribution in [-0.2, 0) is 11.3 Å². The number of anilines is 1. The first-order chi connectivity index (χ1) is 14.6. The van der Waals surface area contributed by atoms with Gasteiger partial charge in [-0.25, -0.2) is 0 Å². The Hall–Kier alpha value is -2.18. The quantitative estimate of drug-likeness (QED) is 0.566. The molecule has 6 heteroatoms. The fraction of sp³-hybridized carbons (Fsp3) is 0.458. The molecule has 0 spiro atoms. The lowest BCUT2D eigenvalue weighted by molar-refractivity contribution is -0.116. The monoisotopic (exact) mass is 428 g/mol. The minimum Gasteiger partial charge on any atom is -0.497 e. The average molecular weight is 429 g/mol. The molecular formula is C24H32N2O3S. The van der Waals surface area contributed by atoms with Gasteiger partial charge in [0.2, 0.25) is 5.91 Å². The molecule has 0 aromatic heterocycles. The topological polar surface area (TPSA) is 50.8 Å². The first-order valence-corrected chi connectivity index (χ1v) is 11.7. The highest BCUT2D eigenvalue weighted by atomic mass is 32.2. The minimum atomic E-state index is 0.0368. The van der Waals surface area contributed by atoms with Gasteiger partial charge in [-0.15, -0.1) is 11.8 Å². The maximum absolute atomic E-state index is 12.4. The molecule has 0 bridgehead atoms. The Morgan fingerprint density at radius 1 is 1.10 bits per heavy atom. The fourth-order valence-electron chi connectivity index (χ4n) is 3.87. The Kier molecular flexibility index (Phi) is 8.46. The van der Waals surface area contributed by atoms with Crippen LogP contribution in [0.5, 0.6) is 11.5 Å². The summed E-state index contributed by atoms with van der Waals surface area (Å²) >= 11 is 1.78. The number of nitrogens with zero attached hydrogens (tertiary/aromatic N) is 1. The van der Waals surface area contributed by atoms with Crippen LogP contribution < -0.4 is 14.8 Å². The van der Waals surface area contributed by atoms with Crippen LogP contribution in [0.4, 0.5) is 5.69 Å². The molecule has 1 fully saturated rings. The minimum absolute atomic E-state index is 0.0368. The molecule has 1 aliphatic heterocycles. The second kappa shape index (κ2) is 11.3. The van der Waals surface area contributed by atoms with Gasteiger partial charge >= 0.3 is 0 Å². The molecule has 30 heavy (non-hydrogen) atoms. The number of ether oxygens (including phenoxy) is 2. The van der Waals surface area contributed by atoms with Crippen LogP contribution in [0.25, 0.3) is 0 Å². The second-order valence-corrected chi connectivity index (χ2v) is 8.60. The van der Waals surface area contributed by atoms with Crippen LogP contribution in [0.1, 0.15) is 31.2 Å². The second-order valence-electron chi connectivity index (χ2n) is 7.72. The third-order valence-electron chi connectivity index (χ3n) is 5.73. The summed E-state index contributed by atoms with van der Waals surface area (Å²) < 4.78 is 10.6. The molecular weight excluding hydrogens is 396 g/mol. The molecule has 0 aliphatic carbocycles. The Morgan fingerprint density at radius 2 is 1.83 bits per heavy atom. The SMILES string of the molecule is COc1ccc(NC(=O)CCC2CCN(Cc3ccc(SC)cc3)CC2)c(OC)c1. The first kappa shape index (κ1) is 22.5. The Labute approximate surface area is 184 Å². The molecule has 1 N–H and O–H groups in total. The molecule has 2 aromatic carbocycles. The van der Waals surface area contributed by atoms with Crippen LogP contribution in [0.3, 0.4) is 0 Å². The van der Waals surface area contributed by atoms with Gasteiger partial charge in [-0.2, -0.15) is 0 Å². The van der Waals surface area contributed by atoms with Crippen molar-refractivity contribution in [3.8, 4) is 11.5 Å². The molecule has 0 atom stereocenters. The van der Waals surface area contributed by atoms with E-state index in [1.807, 2.05) is 12.1 Å². The molecule has 1 aliphatic rings. The smallest absolute Gasteiger partial charge is 0.224 e. The summed E-state index contributed by atoms with van der Waals surface area (Å²) in [6.45, 7) is 3.21. The Morgan fingerprint density at radius 3 is 2.47 bits per heavy atom. The van der Waals surface area contributed by atoms with Crippen LogP contribution >= 0.6 is 11.8 Å². The van der Waals surface area contributed by atoms with E-state index < -0.39 is 0 Å². The number of piperidine rings is 1. The van der Waals surface area contributed by atoms with Crippen LogP contribution in [-0.4, -0.2) is 44.4 Å². The van der Waals surface area contributed by atoms with Gasteiger partial charge < -0.3 is 14.8 Å². The standard InChI is InChI=1S/C24H32N2O3S/c1-28-20-7-10-22(23(16-20)29-2)25-24(27)11-6-18-12-14-26(15-13-18)17-19-4-8-21(30-3)9-5-19/h4-5,7-10,16,18H,6,11-15,17H2,1-3H3,(H,25,27). The average Bonchev–Trinajstić information content (AvgIpc) is 2.79. The molecule has 2 aromatic rings. The van der Waals surface area contributed by atoms with Gasteiger partial charge in [0.25, 0.3) is 0 Å². The van der Waals surface area contributed by atoms with Crippen LogP contribution in [0, 0.1) is 5.92 Å². The van der Waals surface area contributed by atoms with Gasteiger partial charge in [-0.1, -0.05) is 12.1 Å². The largest absolute Gasteiger partial charge is 0.497 e. The summed E-state index contributed by atoms with van der Waals surface area (Å²) in [5, 5.41) is 2.97. The Bertz CT molecular complexity index is 818. The van der Waals surface area contributed by atoms with Crippen LogP contribution in [0.15, 0.2) is 47.4 Å². The van der Waals surface area contributed by atoms with Crippen molar-refractivity contribution >= 4 is 23.4 Å². The van der Waals surface area contributed by atoms with Crippen molar-refractivity contribution in [2.45, 2.75) is 37.1 Å².